The number of anilines is 2. The molecule has 1 aromatic carbocycles. The van der Waals surface area contributed by atoms with Gasteiger partial charge < -0.3 is 20.4 Å². The Kier molecular flexibility index (Phi) is 8.54. The molecule has 1 unspecified atom stereocenters. The number of primary sulfonamides is 1. The van der Waals surface area contributed by atoms with Gasteiger partial charge in [0, 0.05) is 30.4 Å². The maximum Gasteiger partial charge on any atom is 0.248 e. The monoisotopic (exact) mass is 550 g/mol. The van der Waals surface area contributed by atoms with Crippen molar-refractivity contribution in [3.63, 3.8) is 0 Å². The zero-order valence-corrected chi connectivity index (χ0v) is 22.2. The molecule has 1 aliphatic heterocycles. The van der Waals surface area contributed by atoms with Crippen LogP contribution in [-0.4, -0.2) is 65.8 Å². The summed E-state index contributed by atoms with van der Waals surface area (Å²) in [6.07, 6.45) is 7.97. The summed E-state index contributed by atoms with van der Waals surface area (Å²) < 4.78 is 22.9. The van der Waals surface area contributed by atoms with Gasteiger partial charge in [0.15, 0.2) is 10.2 Å². The molecule has 1 saturated carbocycles. The number of hydrogen-bond donors (Lipinski definition) is 3. The van der Waals surface area contributed by atoms with Gasteiger partial charge >= 0.3 is 0 Å². The molecule has 2 fully saturated rings. The van der Waals surface area contributed by atoms with Crippen molar-refractivity contribution in [3.8, 4) is 0 Å². The number of rotatable bonds is 7. The number of nitrogens with zero attached hydrogens (tertiary/aromatic N) is 3. The Labute approximate surface area is 220 Å². The van der Waals surface area contributed by atoms with Crippen LogP contribution in [0.5, 0.6) is 0 Å². The van der Waals surface area contributed by atoms with E-state index in [1.807, 2.05) is 0 Å². The predicted molar refractivity (Wildman–Crippen MR) is 143 cm³/mol. The number of thiazole rings is 1. The standard InChI is InChI=1S/C23H30N6O4S3/c24-36(32,33)18-8-6-17(7-9-18)26-23(34)28-11-12-29(20(30)15-28)19(14-16-4-2-1-3-5-16)21(31)27-22-25-10-13-35-22/h6-10,13,16,19H,1-5,11-12,14-15H2,(H,26,34)(H2,24,32,33)(H,25,27,31). The number of piperazine rings is 1. The molecule has 2 heterocycles. The second kappa shape index (κ2) is 11.6. The van der Waals surface area contributed by atoms with Crippen LogP contribution in [0.15, 0.2) is 40.7 Å². The molecule has 0 bridgehead atoms. The summed E-state index contributed by atoms with van der Waals surface area (Å²) in [7, 11) is -3.78. The SMILES string of the molecule is NS(=O)(=O)c1ccc(NC(=S)N2CCN(C(CC3CCCCC3)C(=O)Nc3nccs3)C(=O)C2)cc1. The Hall–Kier alpha value is -2.61. The number of carbonyl (C=O) groups is 2. The summed E-state index contributed by atoms with van der Waals surface area (Å²) in [6, 6.07) is 5.35. The van der Waals surface area contributed by atoms with E-state index in [2.05, 4.69) is 15.6 Å². The third-order valence-corrected chi connectivity index (χ3v) is 8.58. The van der Waals surface area contributed by atoms with Crippen molar-refractivity contribution in [2.45, 2.75) is 49.5 Å². The number of sulfonamides is 1. The molecular weight excluding hydrogens is 520 g/mol. The zero-order chi connectivity index (χ0) is 25.7. The van der Waals surface area contributed by atoms with E-state index < -0.39 is 16.1 Å². The van der Waals surface area contributed by atoms with Crippen LogP contribution < -0.4 is 15.8 Å². The van der Waals surface area contributed by atoms with E-state index in [1.54, 1.807) is 33.5 Å². The zero-order valence-electron chi connectivity index (χ0n) is 19.8. The number of amides is 2. The lowest BCUT2D eigenvalue weighted by Crippen LogP contribution is -2.59. The molecule has 10 nitrogen and oxygen atoms in total. The average molecular weight is 551 g/mol. The summed E-state index contributed by atoms with van der Waals surface area (Å²) in [5.41, 5.74) is 0.584. The van der Waals surface area contributed by atoms with Gasteiger partial charge in [-0.25, -0.2) is 18.5 Å². The van der Waals surface area contributed by atoms with Crippen LogP contribution in [0.2, 0.25) is 0 Å². The molecule has 2 aliphatic rings. The van der Waals surface area contributed by atoms with Gasteiger partial charge in [-0.05, 0) is 48.8 Å². The highest BCUT2D eigenvalue weighted by molar-refractivity contribution is 7.89. The summed E-state index contributed by atoms with van der Waals surface area (Å²) in [5.74, 6) is 0.0534. The smallest absolute Gasteiger partial charge is 0.248 e. The Morgan fingerprint density at radius 1 is 1.17 bits per heavy atom. The Morgan fingerprint density at radius 2 is 1.89 bits per heavy atom. The fraction of sp³-hybridized carbons (Fsp3) is 0.478. The van der Waals surface area contributed by atoms with E-state index in [9.17, 15) is 18.0 Å². The van der Waals surface area contributed by atoms with Crippen LogP contribution >= 0.6 is 23.6 Å². The third-order valence-electron chi connectivity index (χ3n) is 6.60. The Balaban J connectivity index is 1.40. The number of aromatic nitrogens is 1. The highest BCUT2D eigenvalue weighted by Crippen LogP contribution is 2.30. The van der Waals surface area contributed by atoms with E-state index in [0.29, 0.717) is 41.4 Å². The normalized spacial score (nSPS) is 18.1. The van der Waals surface area contributed by atoms with Gasteiger partial charge in [0.2, 0.25) is 21.8 Å². The maximum atomic E-state index is 13.2. The third kappa shape index (κ3) is 6.78. The quantitative estimate of drug-likeness (QED) is 0.448. The number of carbonyl (C=O) groups excluding carboxylic acids is 2. The lowest BCUT2D eigenvalue weighted by molar-refractivity contribution is -0.142. The summed E-state index contributed by atoms with van der Waals surface area (Å²) in [5, 5.41) is 13.7. The first-order chi connectivity index (χ1) is 17.2. The van der Waals surface area contributed by atoms with Gasteiger partial charge in [-0.15, -0.1) is 11.3 Å². The lowest BCUT2D eigenvalue weighted by atomic mass is 9.84. The molecule has 13 heteroatoms. The first-order valence-corrected chi connectivity index (χ1v) is 14.7. The van der Waals surface area contributed by atoms with Crippen molar-refractivity contribution in [1.82, 2.24) is 14.8 Å². The van der Waals surface area contributed by atoms with Gasteiger partial charge in [-0.2, -0.15) is 0 Å². The molecule has 1 aliphatic carbocycles. The largest absolute Gasteiger partial charge is 0.338 e. The van der Waals surface area contributed by atoms with Crippen molar-refractivity contribution in [3.05, 3.63) is 35.8 Å². The number of hydrogen-bond acceptors (Lipinski definition) is 7. The van der Waals surface area contributed by atoms with Crippen molar-refractivity contribution in [2.75, 3.05) is 30.3 Å². The molecule has 4 N–H and O–H groups in total. The van der Waals surface area contributed by atoms with Crippen molar-refractivity contribution in [1.29, 1.82) is 0 Å². The molecular formula is C23H30N6O4S3. The minimum atomic E-state index is -3.78. The second-order valence-corrected chi connectivity index (χ2v) is 11.9. The predicted octanol–water partition coefficient (Wildman–Crippen LogP) is 2.61. The molecule has 1 saturated heterocycles. The molecule has 0 spiro atoms. The number of thiocarbonyl (C=S) groups is 1. The van der Waals surface area contributed by atoms with Crippen LogP contribution in [0.4, 0.5) is 10.8 Å². The van der Waals surface area contributed by atoms with Gasteiger partial charge in [0.1, 0.15) is 6.04 Å². The van der Waals surface area contributed by atoms with Crippen LogP contribution in [0.25, 0.3) is 0 Å². The first-order valence-electron chi connectivity index (χ1n) is 11.9. The maximum absolute atomic E-state index is 13.2. The van der Waals surface area contributed by atoms with Crippen molar-refractivity contribution in [2.24, 2.45) is 11.1 Å². The molecule has 36 heavy (non-hydrogen) atoms. The van der Waals surface area contributed by atoms with Gasteiger partial charge in [-0.3, -0.25) is 9.59 Å². The van der Waals surface area contributed by atoms with E-state index in [4.69, 9.17) is 17.4 Å². The number of nitrogens with two attached hydrogens (primary N) is 1. The topological polar surface area (TPSA) is 138 Å². The molecule has 1 aromatic heterocycles. The summed E-state index contributed by atoms with van der Waals surface area (Å²) in [6.45, 7) is 0.888. The van der Waals surface area contributed by atoms with E-state index in [0.717, 1.165) is 25.7 Å². The molecule has 0 radical (unpaired) electrons. The number of benzene rings is 1. The molecule has 4 rings (SSSR count). The van der Waals surface area contributed by atoms with Crippen molar-refractivity contribution < 1.29 is 18.0 Å². The van der Waals surface area contributed by atoms with Gasteiger partial charge in [0.25, 0.3) is 0 Å². The van der Waals surface area contributed by atoms with Crippen LogP contribution in [-0.2, 0) is 19.6 Å². The molecule has 194 valence electrons. The highest BCUT2D eigenvalue weighted by Gasteiger charge is 2.36. The minimum absolute atomic E-state index is 0.00259. The van der Waals surface area contributed by atoms with Crippen LogP contribution in [0, 0.1) is 5.92 Å². The Morgan fingerprint density at radius 3 is 2.50 bits per heavy atom. The lowest BCUT2D eigenvalue weighted by Gasteiger charge is -2.40. The van der Waals surface area contributed by atoms with E-state index in [1.165, 1.54) is 29.9 Å². The highest BCUT2D eigenvalue weighted by atomic mass is 32.2. The van der Waals surface area contributed by atoms with Gasteiger partial charge in [-0.1, -0.05) is 32.1 Å². The van der Waals surface area contributed by atoms with E-state index in [-0.39, 0.29) is 23.3 Å². The van der Waals surface area contributed by atoms with Crippen molar-refractivity contribution >= 4 is 61.3 Å². The van der Waals surface area contributed by atoms with Gasteiger partial charge in [0.05, 0.1) is 11.4 Å². The van der Waals surface area contributed by atoms with E-state index >= 15 is 0 Å². The molecule has 1 atom stereocenters. The molecule has 2 amide bonds. The second-order valence-electron chi connectivity index (χ2n) is 9.09. The molecule has 2 aromatic rings. The first kappa shape index (κ1) is 26.5. The van der Waals surface area contributed by atoms with Crippen LogP contribution in [0.1, 0.15) is 38.5 Å². The average Bonchev–Trinajstić information content (AvgIpc) is 3.36. The number of nitrogens with one attached hydrogen (secondary N) is 2. The fourth-order valence-corrected chi connectivity index (χ4v) is 6.03. The minimum Gasteiger partial charge on any atom is -0.338 e. The summed E-state index contributed by atoms with van der Waals surface area (Å²) in [4.78, 5) is 34.1. The Bertz CT molecular complexity index is 1180. The van der Waals surface area contributed by atoms with Crippen LogP contribution in [0.3, 0.4) is 0 Å². The summed E-state index contributed by atoms with van der Waals surface area (Å²) >= 11 is 6.84. The fourth-order valence-electron chi connectivity index (χ4n) is 4.71.